The van der Waals surface area contributed by atoms with Crippen molar-refractivity contribution in [2.24, 2.45) is 0 Å². The van der Waals surface area contributed by atoms with Crippen LogP contribution in [0.1, 0.15) is 20.8 Å². The highest BCUT2D eigenvalue weighted by atomic mass is 35.5. The number of nitrogens with zero attached hydrogens (tertiary/aromatic N) is 1. The molecule has 0 aliphatic heterocycles. The number of hydrogen-bond acceptors (Lipinski definition) is 3. The van der Waals surface area contributed by atoms with Gasteiger partial charge in [0.25, 0.3) is 0 Å². The third kappa shape index (κ3) is 2.84. The Morgan fingerprint density at radius 1 is 0.958 bits per heavy atom. The minimum atomic E-state index is 0.396. The normalized spacial score (nSPS) is 10.4. The van der Waals surface area contributed by atoms with Gasteiger partial charge < -0.3 is 9.30 Å². The first-order chi connectivity index (χ1) is 11.7. The Balaban J connectivity index is 2.26. The Hall–Kier alpha value is -2.85. The first-order valence-corrected chi connectivity index (χ1v) is 7.62. The van der Waals surface area contributed by atoms with Gasteiger partial charge in [-0.25, -0.2) is 0 Å². The number of methoxy groups -OCH3 is 1. The Bertz CT molecular complexity index is 880. The fourth-order valence-corrected chi connectivity index (χ4v) is 2.77. The maximum absolute atomic E-state index is 11.5. The molecule has 2 aromatic carbocycles. The molecular formula is C19H14ClNO3. The summed E-state index contributed by atoms with van der Waals surface area (Å²) < 4.78 is 6.92. The summed E-state index contributed by atoms with van der Waals surface area (Å²) in [5.74, 6) is 0.710. The molecule has 0 spiro atoms. The number of hydrogen-bond donors (Lipinski definition) is 0. The quantitative estimate of drug-likeness (QED) is 0.646. The van der Waals surface area contributed by atoms with Gasteiger partial charge in [-0.2, -0.15) is 0 Å². The Morgan fingerprint density at radius 2 is 1.62 bits per heavy atom. The van der Waals surface area contributed by atoms with Gasteiger partial charge in [-0.1, -0.05) is 23.7 Å². The van der Waals surface area contributed by atoms with Crippen LogP contribution in [0.2, 0.25) is 5.02 Å². The number of carbonyl (C=O) groups is 2. The molecule has 0 amide bonds. The topological polar surface area (TPSA) is 48.3 Å². The molecule has 0 saturated carbocycles. The molecule has 0 atom stereocenters. The minimum absolute atomic E-state index is 0.396. The molecule has 0 saturated heterocycles. The van der Waals surface area contributed by atoms with E-state index in [1.54, 1.807) is 42.0 Å². The monoisotopic (exact) mass is 339 g/mol. The number of halogens is 1. The van der Waals surface area contributed by atoms with Gasteiger partial charge >= 0.3 is 0 Å². The van der Waals surface area contributed by atoms with E-state index < -0.39 is 0 Å². The Kier molecular flexibility index (Phi) is 4.49. The molecule has 0 radical (unpaired) electrons. The summed E-state index contributed by atoms with van der Waals surface area (Å²) in [6.45, 7) is 0. The highest BCUT2D eigenvalue weighted by molar-refractivity contribution is 6.30. The van der Waals surface area contributed by atoms with Crippen LogP contribution in [-0.4, -0.2) is 24.2 Å². The van der Waals surface area contributed by atoms with Gasteiger partial charge in [-0.05, 0) is 48.0 Å². The largest absolute Gasteiger partial charge is 0.497 e. The van der Waals surface area contributed by atoms with E-state index in [4.69, 9.17) is 16.3 Å². The van der Waals surface area contributed by atoms with Crippen LogP contribution < -0.4 is 4.74 Å². The summed E-state index contributed by atoms with van der Waals surface area (Å²) >= 11 is 5.95. The molecule has 4 nitrogen and oxygen atoms in total. The number of benzene rings is 2. The first kappa shape index (κ1) is 16.0. The van der Waals surface area contributed by atoms with Crippen molar-refractivity contribution in [1.82, 2.24) is 4.57 Å². The smallest absolute Gasteiger partial charge is 0.166 e. The Labute approximate surface area is 144 Å². The molecule has 0 bridgehead atoms. The van der Waals surface area contributed by atoms with Crippen molar-refractivity contribution in [2.75, 3.05) is 7.11 Å². The van der Waals surface area contributed by atoms with Gasteiger partial charge in [-0.3, -0.25) is 9.59 Å². The predicted octanol–water partition coefficient (Wildman–Crippen LogP) is 4.43. The maximum atomic E-state index is 11.5. The molecule has 3 aromatic rings. The molecule has 120 valence electrons. The van der Waals surface area contributed by atoms with Crippen molar-refractivity contribution in [3.8, 4) is 22.7 Å². The van der Waals surface area contributed by atoms with E-state index in [1.807, 2.05) is 24.3 Å². The summed E-state index contributed by atoms with van der Waals surface area (Å²) in [5.41, 5.74) is 3.04. The molecule has 24 heavy (non-hydrogen) atoms. The first-order valence-electron chi connectivity index (χ1n) is 7.24. The highest BCUT2D eigenvalue weighted by Crippen LogP contribution is 2.31. The van der Waals surface area contributed by atoms with E-state index >= 15 is 0 Å². The fourth-order valence-electron chi connectivity index (χ4n) is 2.64. The number of rotatable bonds is 5. The summed E-state index contributed by atoms with van der Waals surface area (Å²) in [5, 5.41) is 0.601. The zero-order valence-electron chi connectivity index (χ0n) is 12.9. The van der Waals surface area contributed by atoms with Crippen LogP contribution in [0.5, 0.6) is 5.75 Å². The second-order valence-electron chi connectivity index (χ2n) is 5.15. The van der Waals surface area contributed by atoms with Gasteiger partial charge in [0, 0.05) is 16.3 Å². The van der Waals surface area contributed by atoms with Gasteiger partial charge in [0.1, 0.15) is 5.75 Å². The molecular weight excluding hydrogens is 326 g/mol. The number of aldehydes is 2. The third-order valence-corrected chi connectivity index (χ3v) is 4.01. The van der Waals surface area contributed by atoms with Crippen LogP contribution in [0.15, 0.2) is 54.6 Å². The van der Waals surface area contributed by atoms with Crippen molar-refractivity contribution in [3.63, 3.8) is 0 Å². The minimum Gasteiger partial charge on any atom is -0.497 e. The third-order valence-electron chi connectivity index (χ3n) is 3.75. The highest BCUT2D eigenvalue weighted by Gasteiger charge is 2.17. The lowest BCUT2D eigenvalue weighted by molar-refractivity contribution is 0.111. The van der Waals surface area contributed by atoms with Gasteiger partial charge in [-0.15, -0.1) is 0 Å². The molecule has 5 heteroatoms. The SMILES string of the molecule is COc1ccc(-n2c(C=O)cc(C=O)c2-c2ccc(Cl)cc2)cc1. The van der Waals surface area contributed by atoms with Crippen molar-refractivity contribution < 1.29 is 14.3 Å². The zero-order chi connectivity index (χ0) is 17.1. The molecule has 0 unspecified atom stereocenters. The summed E-state index contributed by atoms with van der Waals surface area (Å²) in [4.78, 5) is 23.0. The van der Waals surface area contributed by atoms with Crippen molar-refractivity contribution in [1.29, 1.82) is 0 Å². The van der Waals surface area contributed by atoms with E-state index in [2.05, 4.69) is 0 Å². The zero-order valence-corrected chi connectivity index (χ0v) is 13.7. The number of aromatic nitrogens is 1. The van der Waals surface area contributed by atoms with Crippen molar-refractivity contribution in [3.05, 3.63) is 70.9 Å². The lowest BCUT2D eigenvalue weighted by Crippen LogP contribution is -2.02. The maximum Gasteiger partial charge on any atom is 0.166 e. The van der Waals surface area contributed by atoms with E-state index in [0.29, 0.717) is 27.7 Å². The van der Waals surface area contributed by atoms with E-state index in [9.17, 15) is 9.59 Å². The van der Waals surface area contributed by atoms with E-state index in [0.717, 1.165) is 23.8 Å². The van der Waals surface area contributed by atoms with Crippen LogP contribution in [0.4, 0.5) is 0 Å². The second-order valence-corrected chi connectivity index (χ2v) is 5.59. The van der Waals surface area contributed by atoms with Gasteiger partial charge in [0.2, 0.25) is 0 Å². The molecule has 1 aromatic heterocycles. The van der Waals surface area contributed by atoms with Crippen LogP contribution in [-0.2, 0) is 0 Å². The van der Waals surface area contributed by atoms with Crippen LogP contribution >= 0.6 is 11.6 Å². The van der Waals surface area contributed by atoms with E-state index in [-0.39, 0.29) is 0 Å². The number of ether oxygens (including phenoxy) is 1. The molecule has 0 N–H and O–H groups in total. The molecule has 0 fully saturated rings. The van der Waals surface area contributed by atoms with Crippen molar-refractivity contribution >= 4 is 24.2 Å². The van der Waals surface area contributed by atoms with Crippen LogP contribution in [0.25, 0.3) is 16.9 Å². The second kappa shape index (κ2) is 6.72. The fraction of sp³-hybridized carbons (Fsp3) is 0.0526. The predicted molar refractivity (Wildman–Crippen MR) is 93.5 cm³/mol. The average Bonchev–Trinajstić information content (AvgIpc) is 3.01. The molecule has 1 heterocycles. The molecule has 3 rings (SSSR count). The standard InChI is InChI=1S/C19H14ClNO3/c1-24-18-8-6-16(7-9-18)21-17(12-23)10-14(11-22)19(21)13-2-4-15(20)5-3-13/h2-12H,1H3. The molecule has 0 aliphatic rings. The summed E-state index contributed by atoms with van der Waals surface area (Å²) in [6.07, 6.45) is 1.48. The lowest BCUT2D eigenvalue weighted by atomic mass is 10.1. The van der Waals surface area contributed by atoms with E-state index in [1.165, 1.54) is 0 Å². The lowest BCUT2D eigenvalue weighted by Gasteiger charge is -2.13. The Morgan fingerprint density at radius 3 is 2.17 bits per heavy atom. The summed E-state index contributed by atoms with van der Waals surface area (Å²) in [7, 11) is 1.59. The van der Waals surface area contributed by atoms with Crippen LogP contribution in [0.3, 0.4) is 0 Å². The van der Waals surface area contributed by atoms with Gasteiger partial charge in [0.05, 0.1) is 18.5 Å². The van der Waals surface area contributed by atoms with Crippen LogP contribution in [0, 0.1) is 0 Å². The van der Waals surface area contributed by atoms with Crippen molar-refractivity contribution in [2.45, 2.75) is 0 Å². The molecule has 0 aliphatic carbocycles. The average molecular weight is 340 g/mol. The number of carbonyl (C=O) groups excluding carboxylic acids is 2. The van der Waals surface area contributed by atoms with Gasteiger partial charge in [0.15, 0.2) is 12.6 Å². The summed E-state index contributed by atoms with van der Waals surface area (Å²) in [6, 6.07) is 16.0.